The maximum Gasteiger partial charge on any atom is 0.411 e. The fourth-order valence-electron chi connectivity index (χ4n) is 4.19. The van der Waals surface area contributed by atoms with Crippen LogP contribution in [0.15, 0.2) is 72.8 Å². The molecule has 1 aliphatic heterocycles. The van der Waals surface area contributed by atoms with Crippen molar-refractivity contribution in [1.29, 1.82) is 0 Å². The summed E-state index contributed by atoms with van der Waals surface area (Å²) in [6.07, 6.45) is -0.801. The molecule has 3 aromatic carbocycles. The third kappa shape index (κ3) is 6.34. The Bertz CT molecular complexity index is 1300. The van der Waals surface area contributed by atoms with E-state index in [-0.39, 0.29) is 18.0 Å². The zero-order valence-electron chi connectivity index (χ0n) is 21.1. The maximum absolute atomic E-state index is 13.9. The minimum Gasteiger partial charge on any atom is -0.438 e. The number of cyclic esters (lactones) is 1. The Balaban J connectivity index is 1.54. The van der Waals surface area contributed by atoms with Crippen LogP contribution in [0.5, 0.6) is 0 Å². The smallest absolute Gasteiger partial charge is 0.411 e. The lowest BCUT2D eigenvalue weighted by Crippen LogP contribution is -2.46. The highest BCUT2D eigenvalue weighted by Crippen LogP contribution is 2.34. The van der Waals surface area contributed by atoms with Crippen molar-refractivity contribution in [1.82, 2.24) is 10.2 Å². The molecule has 1 saturated heterocycles. The molecule has 0 aromatic heterocycles. The van der Waals surface area contributed by atoms with E-state index in [0.717, 1.165) is 6.42 Å². The number of rotatable bonds is 9. The molecule has 0 spiro atoms. The Kier molecular flexibility index (Phi) is 8.35. The van der Waals surface area contributed by atoms with E-state index in [4.69, 9.17) is 4.74 Å². The first kappa shape index (κ1) is 26.8. The predicted molar refractivity (Wildman–Crippen MR) is 138 cm³/mol. The molecule has 38 heavy (non-hydrogen) atoms. The van der Waals surface area contributed by atoms with Crippen molar-refractivity contribution in [3.8, 4) is 0 Å². The van der Waals surface area contributed by atoms with Crippen LogP contribution in [0, 0.1) is 17.6 Å². The van der Waals surface area contributed by atoms with Crippen LogP contribution in [0.2, 0.25) is 0 Å². The zero-order chi connectivity index (χ0) is 27.2. The highest BCUT2D eigenvalue weighted by atomic mass is 19.1. The number of ether oxygens (including phenoxy) is 1. The molecule has 1 aliphatic rings. The number of carbonyl (C=O) groups is 3. The number of amides is 3. The molecular formula is C29H29F2N3O4. The average Bonchev–Trinajstić information content (AvgIpc) is 3.21. The molecule has 0 bridgehead atoms. The largest absolute Gasteiger partial charge is 0.438 e. The number of nitrogens with zero attached hydrogens (tertiary/aromatic N) is 1. The van der Waals surface area contributed by atoms with Crippen LogP contribution in [0.25, 0.3) is 0 Å². The molecule has 0 radical (unpaired) electrons. The molecule has 9 heteroatoms. The zero-order valence-corrected chi connectivity index (χ0v) is 21.1. The SMILES string of the molecule is CC(C)CCNC(=O)[C@@H]1[C@H](c2ccc(NC(=O)c3ccccc3F)cc2)OC(=O)N1Cc1ccc(F)cc1. The predicted octanol–water partition coefficient (Wildman–Crippen LogP) is 5.44. The van der Waals surface area contributed by atoms with Crippen molar-refractivity contribution in [2.75, 3.05) is 11.9 Å². The summed E-state index contributed by atoms with van der Waals surface area (Å²) in [7, 11) is 0. The van der Waals surface area contributed by atoms with Crippen molar-refractivity contribution < 1.29 is 27.9 Å². The summed E-state index contributed by atoms with van der Waals surface area (Å²) in [5, 5.41) is 5.53. The number of hydrogen-bond donors (Lipinski definition) is 2. The summed E-state index contributed by atoms with van der Waals surface area (Å²) in [6.45, 7) is 4.60. The van der Waals surface area contributed by atoms with Gasteiger partial charge < -0.3 is 15.4 Å². The van der Waals surface area contributed by atoms with Crippen LogP contribution >= 0.6 is 0 Å². The highest BCUT2D eigenvalue weighted by molar-refractivity contribution is 6.04. The molecule has 2 atom stereocenters. The normalized spacial score (nSPS) is 16.9. The minimum atomic E-state index is -0.960. The average molecular weight is 522 g/mol. The molecule has 0 unspecified atom stereocenters. The summed E-state index contributed by atoms with van der Waals surface area (Å²) in [6, 6.07) is 16.9. The van der Waals surface area contributed by atoms with Gasteiger partial charge in [-0.25, -0.2) is 13.6 Å². The van der Waals surface area contributed by atoms with Gasteiger partial charge in [-0.3, -0.25) is 14.5 Å². The first-order valence-corrected chi connectivity index (χ1v) is 12.4. The summed E-state index contributed by atoms with van der Waals surface area (Å²) in [4.78, 5) is 39.9. The van der Waals surface area contributed by atoms with Gasteiger partial charge in [0.05, 0.1) is 12.1 Å². The number of halogens is 2. The summed E-state index contributed by atoms with van der Waals surface area (Å²) < 4.78 is 33.0. The second kappa shape index (κ2) is 11.9. The fourth-order valence-corrected chi connectivity index (χ4v) is 4.19. The molecule has 0 saturated carbocycles. The second-order valence-corrected chi connectivity index (χ2v) is 9.53. The third-order valence-corrected chi connectivity index (χ3v) is 6.26. The molecule has 3 amide bonds. The first-order valence-electron chi connectivity index (χ1n) is 12.4. The van der Waals surface area contributed by atoms with E-state index in [2.05, 4.69) is 10.6 Å². The molecule has 198 valence electrons. The first-order chi connectivity index (χ1) is 18.2. The van der Waals surface area contributed by atoms with E-state index in [1.165, 1.54) is 35.2 Å². The van der Waals surface area contributed by atoms with Crippen molar-refractivity contribution in [2.45, 2.75) is 39.0 Å². The number of benzene rings is 3. The lowest BCUT2D eigenvalue weighted by atomic mass is 10.00. The summed E-state index contributed by atoms with van der Waals surface area (Å²) in [5.41, 5.74) is 1.52. The second-order valence-electron chi connectivity index (χ2n) is 9.53. The quantitative estimate of drug-likeness (QED) is 0.393. The molecule has 0 aliphatic carbocycles. The Morgan fingerprint density at radius 2 is 1.66 bits per heavy atom. The maximum atomic E-state index is 13.9. The topological polar surface area (TPSA) is 87.7 Å². The van der Waals surface area contributed by atoms with E-state index in [1.807, 2.05) is 13.8 Å². The van der Waals surface area contributed by atoms with E-state index in [0.29, 0.717) is 29.3 Å². The van der Waals surface area contributed by atoms with Crippen molar-refractivity contribution >= 4 is 23.6 Å². The lowest BCUT2D eigenvalue weighted by molar-refractivity contribution is -0.126. The van der Waals surface area contributed by atoms with Gasteiger partial charge >= 0.3 is 6.09 Å². The number of carbonyl (C=O) groups excluding carboxylic acids is 3. The van der Waals surface area contributed by atoms with Gasteiger partial charge in [0.15, 0.2) is 12.1 Å². The Morgan fingerprint density at radius 3 is 2.32 bits per heavy atom. The van der Waals surface area contributed by atoms with Crippen molar-refractivity contribution in [3.63, 3.8) is 0 Å². The minimum absolute atomic E-state index is 0.0641. The molecular weight excluding hydrogens is 492 g/mol. The van der Waals surface area contributed by atoms with Crippen LogP contribution in [0.4, 0.5) is 19.3 Å². The molecule has 4 rings (SSSR count). The highest BCUT2D eigenvalue weighted by Gasteiger charge is 2.46. The number of anilines is 1. The van der Waals surface area contributed by atoms with Crippen LogP contribution < -0.4 is 10.6 Å². The van der Waals surface area contributed by atoms with Crippen LogP contribution in [-0.4, -0.2) is 35.4 Å². The summed E-state index contributed by atoms with van der Waals surface area (Å²) in [5.74, 6) is -1.61. The lowest BCUT2D eigenvalue weighted by Gasteiger charge is -2.24. The Labute approximate surface area is 219 Å². The molecule has 7 nitrogen and oxygen atoms in total. The van der Waals surface area contributed by atoms with E-state index < -0.39 is 35.8 Å². The van der Waals surface area contributed by atoms with Crippen molar-refractivity contribution in [2.24, 2.45) is 5.92 Å². The van der Waals surface area contributed by atoms with Crippen molar-refractivity contribution in [3.05, 3.63) is 101 Å². The van der Waals surface area contributed by atoms with Crippen LogP contribution in [-0.2, 0) is 16.1 Å². The van der Waals surface area contributed by atoms with Gasteiger partial charge in [-0.1, -0.05) is 50.2 Å². The van der Waals surface area contributed by atoms with Gasteiger partial charge in [-0.05, 0) is 59.9 Å². The molecule has 3 aromatic rings. The van der Waals surface area contributed by atoms with Gasteiger partial charge in [-0.2, -0.15) is 0 Å². The number of hydrogen-bond acceptors (Lipinski definition) is 4. The Hall–Kier alpha value is -4.27. The van der Waals surface area contributed by atoms with E-state index in [1.54, 1.807) is 42.5 Å². The molecule has 1 heterocycles. The van der Waals surface area contributed by atoms with Gasteiger partial charge in [0.2, 0.25) is 5.91 Å². The van der Waals surface area contributed by atoms with Gasteiger partial charge in [0.1, 0.15) is 11.6 Å². The monoisotopic (exact) mass is 521 g/mol. The van der Waals surface area contributed by atoms with E-state index >= 15 is 0 Å². The number of nitrogens with one attached hydrogen (secondary N) is 2. The van der Waals surface area contributed by atoms with Gasteiger partial charge in [0.25, 0.3) is 5.91 Å². The van der Waals surface area contributed by atoms with Crippen LogP contribution in [0.1, 0.15) is 47.9 Å². The fraction of sp³-hybridized carbons (Fsp3) is 0.276. The summed E-state index contributed by atoms with van der Waals surface area (Å²) >= 11 is 0. The Morgan fingerprint density at radius 1 is 0.974 bits per heavy atom. The van der Waals surface area contributed by atoms with Crippen LogP contribution in [0.3, 0.4) is 0 Å². The molecule has 1 fully saturated rings. The third-order valence-electron chi connectivity index (χ3n) is 6.26. The van der Waals surface area contributed by atoms with Gasteiger partial charge in [0, 0.05) is 12.2 Å². The van der Waals surface area contributed by atoms with Gasteiger partial charge in [-0.15, -0.1) is 0 Å². The van der Waals surface area contributed by atoms with E-state index in [9.17, 15) is 23.2 Å². The molecule has 2 N–H and O–H groups in total. The standard InChI is InChI=1S/C29H29F2N3O4/c1-18(2)15-16-32-28(36)25-26(38-29(37)34(25)17-19-7-11-21(30)12-8-19)20-9-13-22(14-10-20)33-27(35)23-5-3-4-6-24(23)31/h3-14,18,25-26H,15-17H2,1-2H3,(H,32,36)(H,33,35)/t25-,26-/m0/s1.